The van der Waals surface area contributed by atoms with E-state index in [-0.39, 0.29) is 10.8 Å². The van der Waals surface area contributed by atoms with Crippen LogP contribution in [0.5, 0.6) is 0 Å². The molecule has 0 unspecified atom stereocenters. The molecule has 5 rings (SSSR count). The van der Waals surface area contributed by atoms with Crippen LogP contribution in [0.3, 0.4) is 0 Å². The molecule has 1 saturated heterocycles. The third-order valence-corrected chi connectivity index (χ3v) is 9.56. The zero-order valence-electron chi connectivity index (χ0n) is 17.8. The Hall–Kier alpha value is -1.97. The number of carbonyl (C=O) groups excluding carboxylic acids is 1. The van der Waals surface area contributed by atoms with Crippen LogP contribution in [0.2, 0.25) is 5.02 Å². The maximum absolute atomic E-state index is 13.2. The molecule has 2 aliphatic rings. The van der Waals surface area contributed by atoms with Gasteiger partial charge in [0.2, 0.25) is 10.0 Å². The van der Waals surface area contributed by atoms with Crippen LogP contribution in [-0.2, 0) is 23.0 Å². The highest BCUT2D eigenvalue weighted by Crippen LogP contribution is 2.29. The Morgan fingerprint density at radius 2 is 1.69 bits per heavy atom. The number of nitrogens with zero attached hydrogens (tertiary/aromatic N) is 3. The summed E-state index contributed by atoms with van der Waals surface area (Å²) in [7, 11) is -1.54. The second-order valence-electron chi connectivity index (χ2n) is 8.40. The minimum absolute atomic E-state index is 0.00619. The number of likely N-dealkylation sites (N-methyl/N-ethyl adjacent to an activating group) is 1. The van der Waals surface area contributed by atoms with Gasteiger partial charge in [0.1, 0.15) is 0 Å². The molecule has 0 atom stereocenters. The number of benzene rings is 2. The van der Waals surface area contributed by atoms with E-state index in [0.717, 1.165) is 35.2 Å². The molecule has 2 aromatic carbocycles. The van der Waals surface area contributed by atoms with Crippen molar-refractivity contribution < 1.29 is 13.2 Å². The predicted octanol–water partition coefficient (Wildman–Crippen LogP) is 3.69. The topological polar surface area (TPSA) is 60.9 Å². The standard InChI is InChI=1S/C23H24ClN3O3S2/c1-25-7-6-21-18(15-25)14-22(31-21)23(28)26-8-10-27(11-9-26)32(29,30)20-5-3-16-12-19(24)4-2-17(16)13-20/h2-5,12-14H,6-11,15H2,1H3. The molecule has 1 fully saturated rings. The molecule has 9 heteroatoms. The van der Waals surface area contributed by atoms with Crippen LogP contribution < -0.4 is 0 Å². The lowest BCUT2D eigenvalue weighted by Crippen LogP contribution is -2.50. The second-order valence-corrected chi connectivity index (χ2v) is 11.9. The quantitative estimate of drug-likeness (QED) is 0.563. The Morgan fingerprint density at radius 3 is 2.47 bits per heavy atom. The average Bonchev–Trinajstić information content (AvgIpc) is 3.21. The van der Waals surface area contributed by atoms with Gasteiger partial charge in [0, 0.05) is 49.2 Å². The number of fused-ring (bicyclic) bond motifs is 2. The highest BCUT2D eigenvalue weighted by Gasteiger charge is 2.31. The Kier molecular flexibility index (Phi) is 5.75. The van der Waals surface area contributed by atoms with Gasteiger partial charge in [-0.05, 0) is 60.1 Å². The summed E-state index contributed by atoms with van der Waals surface area (Å²) in [5.74, 6) is 0.00619. The number of carbonyl (C=O) groups is 1. The fourth-order valence-corrected chi connectivity index (χ4v) is 7.14. The molecule has 6 nitrogen and oxygen atoms in total. The first-order valence-corrected chi connectivity index (χ1v) is 13.2. The summed E-state index contributed by atoms with van der Waals surface area (Å²) in [5.41, 5.74) is 1.24. The van der Waals surface area contributed by atoms with Crippen molar-refractivity contribution in [3.05, 3.63) is 62.8 Å². The lowest BCUT2D eigenvalue weighted by molar-refractivity contribution is 0.0702. The first-order chi connectivity index (χ1) is 15.3. The Morgan fingerprint density at radius 1 is 0.969 bits per heavy atom. The van der Waals surface area contributed by atoms with E-state index in [1.54, 1.807) is 40.5 Å². The highest BCUT2D eigenvalue weighted by atomic mass is 35.5. The van der Waals surface area contributed by atoms with Crippen molar-refractivity contribution >= 4 is 49.6 Å². The van der Waals surface area contributed by atoms with E-state index in [1.807, 2.05) is 18.2 Å². The normalized spacial score (nSPS) is 18.1. The van der Waals surface area contributed by atoms with Gasteiger partial charge >= 0.3 is 0 Å². The van der Waals surface area contributed by atoms with Gasteiger partial charge in [-0.2, -0.15) is 4.31 Å². The molecule has 0 N–H and O–H groups in total. The van der Waals surface area contributed by atoms with E-state index >= 15 is 0 Å². The fourth-order valence-electron chi connectivity index (χ4n) is 4.37. The summed E-state index contributed by atoms with van der Waals surface area (Å²) < 4.78 is 27.9. The minimum atomic E-state index is -3.63. The molecule has 0 bridgehead atoms. The second kappa shape index (κ2) is 8.43. The SMILES string of the molecule is CN1CCc2sc(C(=O)N3CCN(S(=O)(=O)c4ccc5cc(Cl)ccc5c4)CC3)cc2C1. The van der Waals surface area contributed by atoms with Crippen LogP contribution in [0.4, 0.5) is 0 Å². The molecule has 0 aliphatic carbocycles. The Labute approximate surface area is 197 Å². The maximum atomic E-state index is 13.2. The van der Waals surface area contributed by atoms with Gasteiger partial charge in [0.15, 0.2) is 0 Å². The smallest absolute Gasteiger partial charge is 0.264 e. The van der Waals surface area contributed by atoms with E-state index < -0.39 is 10.0 Å². The number of amides is 1. The number of hydrogen-bond acceptors (Lipinski definition) is 5. The van der Waals surface area contributed by atoms with Crippen LogP contribution in [-0.4, -0.2) is 68.2 Å². The van der Waals surface area contributed by atoms with Gasteiger partial charge in [-0.25, -0.2) is 8.42 Å². The maximum Gasteiger partial charge on any atom is 0.264 e. The van der Waals surface area contributed by atoms with E-state index in [9.17, 15) is 13.2 Å². The minimum Gasteiger partial charge on any atom is -0.335 e. The number of rotatable bonds is 3. The van der Waals surface area contributed by atoms with Crippen molar-refractivity contribution in [1.82, 2.24) is 14.1 Å². The van der Waals surface area contributed by atoms with E-state index in [4.69, 9.17) is 11.6 Å². The summed E-state index contributed by atoms with van der Waals surface area (Å²) in [4.78, 5) is 19.4. The Bertz CT molecular complexity index is 1300. The summed E-state index contributed by atoms with van der Waals surface area (Å²) in [6, 6.07) is 12.5. The molecule has 1 amide bonds. The molecule has 1 aromatic heterocycles. The van der Waals surface area contributed by atoms with Gasteiger partial charge in [-0.3, -0.25) is 4.79 Å². The molecule has 3 aromatic rings. The van der Waals surface area contributed by atoms with Crippen LogP contribution in [0.1, 0.15) is 20.1 Å². The van der Waals surface area contributed by atoms with Gasteiger partial charge in [0.25, 0.3) is 5.91 Å². The van der Waals surface area contributed by atoms with Gasteiger partial charge in [0.05, 0.1) is 9.77 Å². The summed E-state index contributed by atoms with van der Waals surface area (Å²) in [5, 5.41) is 2.35. The van der Waals surface area contributed by atoms with Crippen molar-refractivity contribution in [1.29, 1.82) is 0 Å². The first kappa shape index (κ1) is 21.9. The molecule has 2 aliphatic heterocycles. The lowest BCUT2D eigenvalue weighted by Gasteiger charge is -2.33. The summed E-state index contributed by atoms with van der Waals surface area (Å²) in [6.07, 6.45) is 0.980. The number of halogens is 1. The molecule has 0 saturated carbocycles. The van der Waals surface area contributed by atoms with E-state index in [2.05, 4.69) is 11.9 Å². The molecule has 3 heterocycles. The van der Waals surface area contributed by atoms with Gasteiger partial charge in [-0.15, -0.1) is 11.3 Å². The van der Waals surface area contributed by atoms with Crippen molar-refractivity contribution in [2.45, 2.75) is 17.9 Å². The van der Waals surface area contributed by atoms with Crippen LogP contribution >= 0.6 is 22.9 Å². The molecular formula is C23H24ClN3O3S2. The summed E-state index contributed by atoms with van der Waals surface area (Å²) >= 11 is 7.61. The number of piperazine rings is 1. The Balaban J connectivity index is 1.29. The molecule has 168 valence electrons. The van der Waals surface area contributed by atoms with Crippen molar-refractivity contribution in [3.8, 4) is 0 Å². The van der Waals surface area contributed by atoms with Gasteiger partial charge < -0.3 is 9.80 Å². The molecule has 32 heavy (non-hydrogen) atoms. The van der Waals surface area contributed by atoms with Crippen LogP contribution in [0.15, 0.2) is 47.4 Å². The zero-order chi connectivity index (χ0) is 22.5. The fraction of sp³-hybridized carbons (Fsp3) is 0.348. The molecule has 0 radical (unpaired) electrons. The molecule has 0 spiro atoms. The monoisotopic (exact) mass is 489 g/mol. The first-order valence-electron chi connectivity index (χ1n) is 10.6. The van der Waals surface area contributed by atoms with Crippen molar-refractivity contribution in [2.75, 3.05) is 39.8 Å². The lowest BCUT2D eigenvalue weighted by atomic mass is 10.1. The third-order valence-electron chi connectivity index (χ3n) is 6.21. The van der Waals surface area contributed by atoms with Crippen molar-refractivity contribution in [2.24, 2.45) is 0 Å². The largest absolute Gasteiger partial charge is 0.335 e. The van der Waals surface area contributed by atoms with Gasteiger partial charge in [-0.1, -0.05) is 23.7 Å². The summed E-state index contributed by atoms with van der Waals surface area (Å²) in [6.45, 7) is 3.26. The van der Waals surface area contributed by atoms with E-state index in [0.29, 0.717) is 31.2 Å². The highest BCUT2D eigenvalue weighted by molar-refractivity contribution is 7.89. The number of sulfonamides is 1. The number of thiophene rings is 1. The number of hydrogen-bond donors (Lipinski definition) is 0. The van der Waals surface area contributed by atoms with E-state index in [1.165, 1.54) is 14.7 Å². The van der Waals surface area contributed by atoms with Crippen molar-refractivity contribution in [3.63, 3.8) is 0 Å². The van der Waals surface area contributed by atoms with Crippen LogP contribution in [0, 0.1) is 0 Å². The average molecular weight is 490 g/mol. The van der Waals surface area contributed by atoms with Crippen LogP contribution in [0.25, 0.3) is 10.8 Å². The third kappa shape index (κ3) is 4.06. The predicted molar refractivity (Wildman–Crippen MR) is 128 cm³/mol. The molecular weight excluding hydrogens is 466 g/mol. The zero-order valence-corrected chi connectivity index (χ0v) is 20.1.